The number of hydrogen-bond donors (Lipinski definition) is 3. The molecule has 0 spiro atoms. The standard InChI is InChI=1S/C17H12N2O4S/c20-12-7-5-11(6-8-12)18-17-19-15(21)14(24-17)9-10-3-1-2-4-13(10)16(22)23/h1-9,20H,(H,22,23)(H,18,19,21)/b14-9+. The van der Waals surface area contributed by atoms with E-state index in [-0.39, 0.29) is 17.2 Å². The van der Waals surface area contributed by atoms with Gasteiger partial charge in [-0.3, -0.25) is 4.79 Å². The maximum absolute atomic E-state index is 12.0. The number of benzene rings is 2. The first-order valence-electron chi connectivity index (χ1n) is 6.94. The third-order valence-corrected chi connectivity index (χ3v) is 4.12. The highest BCUT2D eigenvalue weighted by Gasteiger charge is 2.24. The number of thioether (sulfide) groups is 1. The van der Waals surface area contributed by atoms with E-state index >= 15 is 0 Å². The molecule has 0 aromatic heterocycles. The van der Waals surface area contributed by atoms with Crippen molar-refractivity contribution in [1.82, 2.24) is 5.32 Å². The number of aromatic carboxylic acids is 1. The summed E-state index contributed by atoms with van der Waals surface area (Å²) in [5.74, 6) is -1.26. The van der Waals surface area contributed by atoms with E-state index in [9.17, 15) is 19.8 Å². The summed E-state index contributed by atoms with van der Waals surface area (Å²) < 4.78 is 0. The second kappa shape index (κ2) is 6.59. The number of amidine groups is 1. The van der Waals surface area contributed by atoms with Crippen LogP contribution in [0.3, 0.4) is 0 Å². The minimum Gasteiger partial charge on any atom is -0.508 e. The molecule has 1 aliphatic heterocycles. The van der Waals surface area contributed by atoms with Crippen molar-refractivity contribution >= 4 is 40.6 Å². The average Bonchev–Trinajstić information content (AvgIpc) is 2.89. The summed E-state index contributed by atoms with van der Waals surface area (Å²) in [5.41, 5.74) is 1.17. The molecule has 3 N–H and O–H groups in total. The Morgan fingerprint density at radius 1 is 1.12 bits per heavy atom. The SMILES string of the molecule is O=C1NC(=Nc2ccc(O)cc2)S/C1=C/c1ccccc1C(=O)O. The second-order valence-corrected chi connectivity index (χ2v) is 5.92. The van der Waals surface area contributed by atoms with Crippen LogP contribution in [-0.2, 0) is 4.79 Å². The van der Waals surface area contributed by atoms with Crippen molar-refractivity contribution in [1.29, 1.82) is 0 Å². The van der Waals surface area contributed by atoms with E-state index in [2.05, 4.69) is 10.3 Å². The quantitative estimate of drug-likeness (QED) is 0.746. The van der Waals surface area contributed by atoms with Crippen LogP contribution in [0, 0.1) is 0 Å². The van der Waals surface area contributed by atoms with Gasteiger partial charge in [0, 0.05) is 0 Å². The minimum absolute atomic E-state index is 0.127. The normalized spacial score (nSPS) is 17.2. The first-order valence-corrected chi connectivity index (χ1v) is 7.75. The maximum atomic E-state index is 12.0. The third-order valence-electron chi connectivity index (χ3n) is 3.21. The molecule has 3 rings (SSSR count). The lowest BCUT2D eigenvalue weighted by Gasteiger charge is -2.00. The van der Waals surface area contributed by atoms with Gasteiger partial charge in [0.15, 0.2) is 5.17 Å². The van der Waals surface area contributed by atoms with Crippen molar-refractivity contribution in [3.63, 3.8) is 0 Å². The van der Waals surface area contributed by atoms with Gasteiger partial charge < -0.3 is 15.5 Å². The number of amides is 1. The Morgan fingerprint density at radius 2 is 1.83 bits per heavy atom. The molecule has 0 atom stereocenters. The molecule has 2 aromatic rings. The third kappa shape index (κ3) is 3.47. The summed E-state index contributed by atoms with van der Waals surface area (Å²) >= 11 is 1.13. The van der Waals surface area contributed by atoms with E-state index in [1.807, 2.05) is 0 Å². The van der Waals surface area contributed by atoms with Gasteiger partial charge in [-0.15, -0.1) is 0 Å². The lowest BCUT2D eigenvalue weighted by Crippen LogP contribution is -2.19. The molecular weight excluding hydrogens is 328 g/mol. The molecule has 7 heteroatoms. The van der Waals surface area contributed by atoms with Crippen molar-refractivity contribution in [2.24, 2.45) is 4.99 Å². The van der Waals surface area contributed by atoms with E-state index in [1.165, 1.54) is 24.3 Å². The Morgan fingerprint density at radius 3 is 2.54 bits per heavy atom. The lowest BCUT2D eigenvalue weighted by molar-refractivity contribution is -0.115. The molecule has 0 saturated carbocycles. The van der Waals surface area contributed by atoms with Crippen LogP contribution in [0.15, 0.2) is 58.4 Å². The van der Waals surface area contributed by atoms with Gasteiger partial charge in [0.25, 0.3) is 5.91 Å². The monoisotopic (exact) mass is 340 g/mol. The molecule has 24 heavy (non-hydrogen) atoms. The zero-order chi connectivity index (χ0) is 17.1. The molecule has 1 heterocycles. The Hall–Kier alpha value is -3.06. The summed E-state index contributed by atoms with van der Waals surface area (Å²) in [6, 6.07) is 12.7. The van der Waals surface area contributed by atoms with Crippen LogP contribution < -0.4 is 5.32 Å². The molecule has 2 aromatic carbocycles. The minimum atomic E-state index is -1.05. The van der Waals surface area contributed by atoms with Crippen LogP contribution in [0.1, 0.15) is 15.9 Å². The summed E-state index contributed by atoms with van der Waals surface area (Å²) in [6.45, 7) is 0. The van der Waals surface area contributed by atoms with Gasteiger partial charge in [-0.2, -0.15) is 0 Å². The predicted octanol–water partition coefficient (Wildman–Crippen LogP) is 2.98. The highest BCUT2D eigenvalue weighted by molar-refractivity contribution is 8.18. The van der Waals surface area contributed by atoms with Gasteiger partial charge >= 0.3 is 5.97 Å². The first kappa shape index (κ1) is 15.8. The summed E-state index contributed by atoms with van der Waals surface area (Å²) in [7, 11) is 0. The molecule has 120 valence electrons. The summed E-state index contributed by atoms with van der Waals surface area (Å²) in [5, 5.41) is 21.5. The number of aromatic hydroxyl groups is 1. The number of phenols is 1. The van der Waals surface area contributed by atoms with E-state index < -0.39 is 5.97 Å². The molecule has 0 unspecified atom stereocenters. The second-order valence-electron chi connectivity index (χ2n) is 4.89. The zero-order valence-electron chi connectivity index (χ0n) is 12.3. The van der Waals surface area contributed by atoms with Crippen LogP contribution in [0.4, 0.5) is 5.69 Å². The Labute approximate surface area is 141 Å². The van der Waals surface area contributed by atoms with Gasteiger partial charge in [0.1, 0.15) is 5.75 Å². The van der Waals surface area contributed by atoms with Gasteiger partial charge in [-0.05, 0) is 53.7 Å². The van der Waals surface area contributed by atoms with Crippen molar-refractivity contribution in [2.45, 2.75) is 0 Å². The smallest absolute Gasteiger partial charge is 0.336 e. The molecule has 1 aliphatic rings. The van der Waals surface area contributed by atoms with Gasteiger partial charge in [0.2, 0.25) is 0 Å². The number of carbonyl (C=O) groups is 2. The summed E-state index contributed by atoms with van der Waals surface area (Å²) in [6.07, 6.45) is 1.53. The Balaban J connectivity index is 1.88. The number of rotatable bonds is 3. The molecule has 0 radical (unpaired) electrons. The van der Waals surface area contributed by atoms with Gasteiger partial charge in [-0.1, -0.05) is 18.2 Å². The molecule has 0 bridgehead atoms. The maximum Gasteiger partial charge on any atom is 0.336 e. The van der Waals surface area contributed by atoms with Crippen molar-refractivity contribution in [2.75, 3.05) is 0 Å². The fourth-order valence-electron chi connectivity index (χ4n) is 2.08. The topological polar surface area (TPSA) is 99.0 Å². The largest absolute Gasteiger partial charge is 0.508 e. The number of phenolic OH excluding ortho intramolecular Hbond substituents is 1. The highest BCUT2D eigenvalue weighted by atomic mass is 32.2. The van der Waals surface area contributed by atoms with Crippen LogP contribution in [-0.4, -0.2) is 27.3 Å². The molecule has 6 nitrogen and oxygen atoms in total. The van der Waals surface area contributed by atoms with Crippen molar-refractivity contribution in [3.05, 3.63) is 64.6 Å². The molecule has 1 saturated heterocycles. The molecule has 1 amide bonds. The number of aliphatic imine (C=N–C) groups is 1. The fraction of sp³-hybridized carbons (Fsp3) is 0. The average molecular weight is 340 g/mol. The van der Waals surface area contributed by atoms with E-state index in [4.69, 9.17) is 0 Å². The molecule has 0 aliphatic carbocycles. The van der Waals surface area contributed by atoms with Gasteiger partial charge in [-0.25, -0.2) is 9.79 Å². The van der Waals surface area contributed by atoms with Crippen LogP contribution in [0.25, 0.3) is 6.08 Å². The fourth-order valence-corrected chi connectivity index (χ4v) is 2.92. The van der Waals surface area contributed by atoms with Crippen LogP contribution >= 0.6 is 11.8 Å². The van der Waals surface area contributed by atoms with Crippen molar-refractivity contribution < 1.29 is 19.8 Å². The highest BCUT2D eigenvalue weighted by Crippen LogP contribution is 2.29. The Bertz CT molecular complexity index is 872. The number of nitrogens with zero attached hydrogens (tertiary/aromatic N) is 1. The lowest BCUT2D eigenvalue weighted by atomic mass is 10.1. The van der Waals surface area contributed by atoms with E-state index in [1.54, 1.807) is 30.3 Å². The molecular formula is C17H12N2O4S. The number of carboxylic acid groups (broad SMARTS) is 1. The number of nitrogens with one attached hydrogen (secondary N) is 1. The van der Waals surface area contributed by atoms with Crippen LogP contribution in [0.5, 0.6) is 5.75 Å². The predicted molar refractivity (Wildman–Crippen MR) is 92.3 cm³/mol. The van der Waals surface area contributed by atoms with Gasteiger partial charge in [0.05, 0.1) is 16.2 Å². The zero-order valence-corrected chi connectivity index (χ0v) is 13.1. The van der Waals surface area contributed by atoms with E-state index in [0.29, 0.717) is 21.3 Å². The number of hydrogen-bond acceptors (Lipinski definition) is 5. The van der Waals surface area contributed by atoms with Crippen molar-refractivity contribution in [3.8, 4) is 5.75 Å². The van der Waals surface area contributed by atoms with E-state index in [0.717, 1.165) is 11.8 Å². The number of carbonyl (C=O) groups excluding carboxylic acids is 1. The van der Waals surface area contributed by atoms with Crippen LogP contribution in [0.2, 0.25) is 0 Å². The summed E-state index contributed by atoms with van der Waals surface area (Å²) in [4.78, 5) is 27.9. The first-order chi connectivity index (χ1) is 11.5. The molecule has 1 fully saturated rings. The Kier molecular flexibility index (Phi) is 4.35. The number of carboxylic acids is 1.